The highest BCUT2D eigenvalue weighted by atomic mass is 19.1. The Kier molecular flexibility index (Phi) is 6.32. The molecule has 2 heterocycles. The van der Waals surface area contributed by atoms with Crippen LogP contribution in [0.25, 0.3) is 11.1 Å². The molecule has 1 fully saturated rings. The first kappa shape index (κ1) is 25.9. The first-order valence-corrected chi connectivity index (χ1v) is 13.2. The van der Waals surface area contributed by atoms with E-state index in [0.717, 1.165) is 29.5 Å². The number of ether oxygens (including phenoxy) is 2. The summed E-state index contributed by atoms with van der Waals surface area (Å²) in [6, 6.07) is 7.74. The molecule has 0 bridgehead atoms. The number of aryl methyl sites for hydroxylation is 1. The molecule has 8 heteroatoms. The number of rotatable bonds is 8. The third-order valence-electron chi connectivity index (χ3n) is 7.49. The number of ketones is 1. The topological polar surface area (TPSA) is 80.4 Å². The molecular weight excluding hydrogens is 483 g/mol. The zero-order chi connectivity index (χ0) is 27.4. The van der Waals surface area contributed by atoms with Crippen molar-refractivity contribution in [1.29, 1.82) is 5.41 Å². The van der Waals surface area contributed by atoms with Gasteiger partial charge in [-0.25, -0.2) is 4.39 Å². The standard InChI is InChI=1S/C30H35FN4O3/c1-7-37-24-14-22-25(26(31)27(24)38-8-2)28(32)35(30(22)9-10-30)17-23(36)19-11-18(20-15-33-34(6)16-20)12-21(13-19)29(3,4)5/h11-16,32H,7-10,17H2,1-6H3. The Morgan fingerprint density at radius 1 is 1.11 bits per heavy atom. The average molecular weight is 519 g/mol. The maximum Gasteiger partial charge on any atom is 0.197 e. The van der Waals surface area contributed by atoms with E-state index < -0.39 is 11.4 Å². The van der Waals surface area contributed by atoms with Crippen molar-refractivity contribution in [3.8, 4) is 22.6 Å². The number of carbonyl (C=O) groups excluding carboxylic acids is 1. The SMILES string of the molecule is CCOc1cc2c(c(F)c1OCC)C(=N)N(CC(=O)c1cc(-c3cnn(C)c3)cc(C(C)(C)C)c1)C21CC1. The Morgan fingerprint density at radius 3 is 2.39 bits per heavy atom. The lowest BCUT2D eigenvalue weighted by atomic mass is 9.84. The van der Waals surface area contributed by atoms with Gasteiger partial charge in [-0.15, -0.1) is 0 Å². The first-order chi connectivity index (χ1) is 18.0. The van der Waals surface area contributed by atoms with Crippen molar-refractivity contribution in [3.63, 3.8) is 0 Å². The third kappa shape index (κ3) is 4.25. The zero-order valence-corrected chi connectivity index (χ0v) is 22.9. The summed E-state index contributed by atoms with van der Waals surface area (Å²) in [6.07, 6.45) is 5.21. The van der Waals surface area contributed by atoms with Crippen LogP contribution in [0.1, 0.15) is 74.5 Å². The van der Waals surface area contributed by atoms with Crippen molar-refractivity contribution in [2.45, 2.75) is 58.4 Å². The van der Waals surface area contributed by atoms with Gasteiger partial charge in [0.1, 0.15) is 5.84 Å². The van der Waals surface area contributed by atoms with Crippen LogP contribution in [0.2, 0.25) is 0 Å². The van der Waals surface area contributed by atoms with E-state index in [4.69, 9.17) is 14.9 Å². The predicted molar refractivity (Wildman–Crippen MR) is 145 cm³/mol. The largest absolute Gasteiger partial charge is 0.490 e. The van der Waals surface area contributed by atoms with Crippen molar-refractivity contribution in [1.82, 2.24) is 14.7 Å². The van der Waals surface area contributed by atoms with Gasteiger partial charge in [-0.2, -0.15) is 5.10 Å². The minimum absolute atomic E-state index is 0.0129. The fraction of sp³-hybridized carbons (Fsp3) is 0.433. The van der Waals surface area contributed by atoms with Gasteiger partial charge in [0.05, 0.1) is 37.1 Å². The molecule has 1 aromatic heterocycles. The van der Waals surface area contributed by atoms with Gasteiger partial charge < -0.3 is 14.4 Å². The molecular formula is C30H35FN4O3. The zero-order valence-electron chi connectivity index (χ0n) is 22.9. The molecule has 1 saturated carbocycles. The molecule has 200 valence electrons. The molecule has 0 amide bonds. The number of aromatic nitrogens is 2. The molecule has 2 aliphatic rings. The second-order valence-electron chi connectivity index (χ2n) is 11.1. The van der Waals surface area contributed by atoms with E-state index in [1.807, 2.05) is 32.3 Å². The molecule has 0 saturated heterocycles. The number of fused-ring (bicyclic) bond motifs is 2. The summed E-state index contributed by atoms with van der Waals surface area (Å²) in [5.74, 6) is -0.308. The van der Waals surface area contributed by atoms with Crippen molar-refractivity contribution in [3.05, 3.63) is 64.7 Å². The molecule has 1 spiro atoms. The van der Waals surface area contributed by atoms with Gasteiger partial charge in [0, 0.05) is 24.4 Å². The van der Waals surface area contributed by atoms with Gasteiger partial charge in [0.15, 0.2) is 23.1 Å². The lowest BCUT2D eigenvalue weighted by Crippen LogP contribution is -2.38. The second-order valence-corrected chi connectivity index (χ2v) is 11.1. The summed E-state index contributed by atoms with van der Waals surface area (Å²) in [5.41, 5.74) is 3.65. The lowest BCUT2D eigenvalue weighted by molar-refractivity contribution is 0.0943. The summed E-state index contributed by atoms with van der Waals surface area (Å²) < 4.78 is 28.8. The highest BCUT2D eigenvalue weighted by molar-refractivity contribution is 6.07. The molecule has 38 heavy (non-hydrogen) atoms. The minimum Gasteiger partial charge on any atom is -0.490 e. The summed E-state index contributed by atoms with van der Waals surface area (Å²) in [7, 11) is 1.86. The molecule has 1 aliphatic carbocycles. The van der Waals surface area contributed by atoms with E-state index >= 15 is 4.39 Å². The third-order valence-corrected chi connectivity index (χ3v) is 7.49. The maximum absolute atomic E-state index is 15.8. The number of carbonyl (C=O) groups is 1. The van der Waals surface area contributed by atoms with Crippen molar-refractivity contribution < 1.29 is 18.7 Å². The lowest BCUT2D eigenvalue weighted by Gasteiger charge is -2.27. The Hall–Kier alpha value is -3.68. The van der Waals surface area contributed by atoms with E-state index in [1.165, 1.54) is 0 Å². The van der Waals surface area contributed by atoms with Gasteiger partial charge in [0.25, 0.3) is 0 Å². The molecule has 7 nitrogen and oxygen atoms in total. The number of hydrogen-bond donors (Lipinski definition) is 1. The van der Waals surface area contributed by atoms with E-state index in [0.29, 0.717) is 23.5 Å². The number of hydrogen-bond acceptors (Lipinski definition) is 5. The molecule has 0 atom stereocenters. The molecule has 0 unspecified atom stereocenters. The van der Waals surface area contributed by atoms with E-state index in [-0.39, 0.29) is 41.5 Å². The second kappa shape index (κ2) is 9.26. The van der Waals surface area contributed by atoms with Gasteiger partial charge >= 0.3 is 0 Å². The monoisotopic (exact) mass is 518 g/mol. The van der Waals surface area contributed by atoms with E-state index in [1.54, 1.807) is 28.8 Å². The Balaban J connectivity index is 1.52. The Labute approximate surface area is 223 Å². The highest BCUT2D eigenvalue weighted by Crippen LogP contribution is 2.58. The predicted octanol–water partition coefficient (Wildman–Crippen LogP) is 5.83. The van der Waals surface area contributed by atoms with E-state index in [2.05, 4.69) is 31.9 Å². The number of nitrogens with zero attached hydrogens (tertiary/aromatic N) is 3. The van der Waals surface area contributed by atoms with Crippen LogP contribution in [0.15, 0.2) is 36.7 Å². The fourth-order valence-corrected chi connectivity index (χ4v) is 5.32. The van der Waals surface area contributed by atoms with Crippen LogP contribution >= 0.6 is 0 Å². The van der Waals surface area contributed by atoms with Gasteiger partial charge in [-0.05, 0) is 67.0 Å². The van der Waals surface area contributed by atoms with Crippen LogP contribution in [-0.2, 0) is 18.0 Å². The normalized spacial score (nSPS) is 15.7. The molecule has 1 N–H and O–H groups in total. The van der Waals surface area contributed by atoms with Crippen molar-refractivity contribution in [2.24, 2.45) is 7.05 Å². The Bertz CT molecular complexity index is 1430. The molecule has 3 aromatic rings. The van der Waals surface area contributed by atoms with Crippen LogP contribution in [0.5, 0.6) is 11.5 Å². The van der Waals surface area contributed by atoms with Crippen molar-refractivity contribution >= 4 is 11.6 Å². The quantitative estimate of drug-likeness (QED) is 0.379. The van der Waals surface area contributed by atoms with Crippen molar-refractivity contribution in [2.75, 3.05) is 19.8 Å². The summed E-state index contributed by atoms with van der Waals surface area (Å²) in [4.78, 5) is 15.6. The number of halogens is 1. The summed E-state index contributed by atoms with van der Waals surface area (Å²) in [5, 5.41) is 13.2. The molecule has 0 radical (unpaired) electrons. The van der Waals surface area contributed by atoms with Gasteiger partial charge in [0.2, 0.25) is 0 Å². The highest BCUT2D eigenvalue weighted by Gasteiger charge is 2.58. The first-order valence-electron chi connectivity index (χ1n) is 13.2. The summed E-state index contributed by atoms with van der Waals surface area (Å²) >= 11 is 0. The smallest absolute Gasteiger partial charge is 0.197 e. The minimum atomic E-state index is -0.590. The van der Waals surface area contributed by atoms with Crippen LogP contribution in [0.3, 0.4) is 0 Å². The van der Waals surface area contributed by atoms with Gasteiger partial charge in [-0.3, -0.25) is 14.9 Å². The van der Waals surface area contributed by atoms with Gasteiger partial charge in [-0.1, -0.05) is 26.8 Å². The Morgan fingerprint density at radius 2 is 1.82 bits per heavy atom. The van der Waals surface area contributed by atoms with Crippen LogP contribution in [-0.4, -0.2) is 46.1 Å². The molecule has 2 aromatic carbocycles. The number of amidine groups is 1. The number of nitrogens with one attached hydrogen (secondary N) is 1. The fourth-order valence-electron chi connectivity index (χ4n) is 5.32. The number of Topliss-reactive ketones (excluding diaryl/α,β-unsaturated/α-hetero) is 1. The number of benzene rings is 2. The van der Waals surface area contributed by atoms with Crippen LogP contribution in [0, 0.1) is 11.2 Å². The van der Waals surface area contributed by atoms with Crippen LogP contribution < -0.4 is 9.47 Å². The molecule has 5 rings (SSSR count). The maximum atomic E-state index is 15.8. The van der Waals surface area contributed by atoms with Crippen LogP contribution in [0.4, 0.5) is 4.39 Å². The van der Waals surface area contributed by atoms with E-state index in [9.17, 15) is 4.79 Å². The molecule has 1 aliphatic heterocycles. The summed E-state index contributed by atoms with van der Waals surface area (Å²) in [6.45, 7) is 10.6. The average Bonchev–Trinajstić information content (AvgIpc) is 3.50.